The van der Waals surface area contributed by atoms with Crippen LogP contribution in [0, 0.1) is 18.3 Å². The fraction of sp³-hybridized carbons (Fsp3) is 0.364. The molecule has 0 saturated carbocycles. The molecule has 2 heteroatoms. The van der Waals surface area contributed by atoms with Crippen LogP contribution >= 0.6 is 11.6 Å². The van der Waals surface area contributed by atoms with Crippen LogP contribution in [-0.4, -0.2) is 0 Å². The Hall–Kier alpha value is -1.00. The Morgan fingerprint density at radius 3 is 2.85 bits per heavy atom. The van der Waals surface area contributed by atoms with Crippen LogP contribution in [0.3, 0.4) is 0 Å². The van der Waals surface area contributed by atoms with E-state index >= 15 is 0 Å². The highest BCUT2D eigenvalue weighted by Gasteiger charge is 2.09. The number of benzene rings is 1. The van der Waals surface area contributed by atoms with Gasteiger partial charge in [0.05, 0.1) is 6.07 Å². The average Bonchev–Trinajstić information content (AvgIpc) is 2.10. The van der Waals surface area contributed by atoms with Gasteiger partial charge in [0.2, 0.25) is 0 Å². The van der Waals surface area contributed by atoms with Crippen LogP contribution in [-0.2, 0) is 0 Å². The van der Waals surface area contributed by atoms with E-state index in [4.69, 9.17) is 16.9 Å². The molecule has 1 rings (SSSR count). The summed E-state index contributed by atoms with van der Waals surface area (Å²) in [6, 6.07) is 8.09. The minimum atomic E-state index is 0.220. The number of hydrogen-bond donors (Lipinski definition) is 0. The Kier molecular flexibility index (Phi) is 3.33. The molecule has 0 N–H and O–H groups in total. The molecule has 0 bridgehead atoms. The van der Waals surface area contributed by atoms with Crippen molar-refractivity contribution >= 4 is 11.6 Å². The summed E-state index contributed by atoms with van der Waals surface area (Å²) in [5.74, 6) is 0.220. The van der Waals surface area contributed by atoms with Crippen molar-refractivity contribution in [3.63, 3.8) is 0 Å². The molecule has 0 aliphatic rings. The maximum atomic E-state index is 8.57. The predicted molar refractivity (Wildman–Crippen MR) is 54.8 cm³/mol. The Bertz CT molecular complexity index is 338. The van der Waals surface area contributed by atoms with Crippen molar-refractivity contribution in [2.75, 3.05) is 0 Å². The van der Waals surface area contributed by atoms with Gasteiger partial charge in [0.1, 0.15) is 0 Å². The highest BCUT2D eigenvalue weighted by atomic mass is 35.5. The lowest BCUT2D eigenvalue weighted by atomic mass is 9.97. The molecule has 1 aromatic rings. The molecule has 1 unspecified atom stereocenters. The van der Waals surface area contributed by atoms with Gasteiger partial charge in [0, 0.05) is 11.4 Å². The van der Waals surface area contributed by atoms with Gasteiger partial charge in [-0.05, 0) is 24.0 Å². The molecule has 0 radical (unpaired) electrons. The van der Waals surface area contributed by atoms with Crippen molar-refractivity contribution in [2.45, 2.75) is 26.2 Å². The van der Waals surface area contributed by atoms with Crippen molar-refractivity contribution in [3.05, 3.63) is 34.3 Å². The number of nitrogens with zero attached hydrogens (tertiary/aromatic N) is 1. The minimum absolute atomic E-state index is 0.220. The van der Waals surface area contributed by atoms with E-state index in [-0.39, 0.29) is 5.92 Å². The van der Waals surface area contributed by atoms with Crippen LogP contribution in [0.5, 0.6) is 0 Å². The van der Waals surface area contributed by atoms with E-state index in [2.05, 4.69) is 6.07 Å². The summed E-state index contributed by atoms with van der Waals surface area (Å²) in [7, 11) is 0. The molecule has 0 fully saturated rings. The Balaban J connectivity index is 3.02. The molecule has 1 atom stereocenters. The van der Waals surface area contributed by atoms with Crippen molar-refractivity contribution in [1.82, 2.24) is 0 Å². The number of nitriles is 1. The molecule has 0 saturated heterocycles. The van der Waals surface area contributed by atoms with E-state index in [0.717, 1.165) is 16.1 Å². The molecule has 0 aliphatic heterocycles. The largest absolute Gasteiger partial charge is 0.198 e. The van der Waals surface area contributed by atoms with Gasteiger partial charge in [-0.15, -0.1) is 0 Å². The van der Waals surface area contributed by atoms with E-state index in [9.17, 15) is 0 Å². The number of halogens is 1. The SMILES string of the molecule is Cc1cccc(C(C)CC#N)c1Cl. The van der Waals surface area contributed by atoms with Crippen LogP contribution in [0.2, 0.25) is 5.02 Å². The highest BCUT2D eigenvalue weighted by Crippen LogP contribution is 2.28. The number of hydrogen-bond acceptors (Lipinski definition) is 1. The first kappa shape index (κ1) is 10.1. The van der Waals surface area contributed by atoms with Crippen molar-refractivity contribution in [2.24, 2.45) is 0 Å². The topological polar surface area (TPSA) is 23.8 Å². The lowest BCUT2D eigenvalue weighted by Crippen LogP contribution is -1.94. The Labute approximate surface area is 84.0 Å². The molecule has 1 nitrogen and oxygen atoms in total. The summed E-state index contributed by atoms with van der Waals surface area (Å²) in [5.41, 5.74) is 2.15. The van der Waals surface area contributed by atoms with Gasteiger partial charge in [0.15, 0.2) is 0 Å². The lowest BCUT2D eigenvalue weighted by Gasteiger charge is -2.11. The summed E-state index contributed by atoms with van der Waals surface area (Å²) in [5, 5.41) is 9.36. The van der Waals surface area contributed by atoms with Crippen LogP contribution in [0.4, 0.5) is 0 Å². The zero-order valence-electron chi connectivity index (χ0n) is 7.84. The summed E-state index contributed by atoms with van der Waals surface area (Å²) >= 11 is 6.11. The lowest BCUT2D eigenvalue weighted by molar-refractivity contribution is 0.788. The maximum absolute atomic E-state index is 8.57. The van der Waals surface area contributed by atoms with Crippen LogP contribution < -0.4 is 0 Å². The molecular formula is C11H12ClN. The van der Waals surface area contributed by atoms with Gasteiger partial charge >= 0.3 is 0 Å². The maximum Gasteiger partial charge on any atom is 0.0628 e. The highest BCUT2D eigenvalue weighted by molar-refractivity contribution is 6.32. The summed E-state index contributed by atoms with van der Waals surface area (Å²) in [6.07, 6.45) is 0.517. The van der Waals surface area contributed by atoms with Crippen molar-refractivity contribution in [1.29, 1.82) is 5.26 Å². The normalized spacial score (nSPS) is 12.2. The van der Waals surface area contributed by atoms with Gasteiger partial charge in [-0.25, -0.2) is 0 Å². The summed E-state index contributed by atoms with van der Waals surface area (Å²) < 4.78 is 0. The van der Waals surface area contributed by atoms with Crippen molar-refractivity contribution in [3.8, 4) is 6.07 Å². The Morgan fingerprint density at radius 1 is 1.54 bits per heavy atom. The predicted octanol–water partition coefficient (Wildman–Crippen LogP) is 3.67. The van der Waals surface area contributed by atoms with Gasteiger partial charge in [-0.1, -0.05) is 36.7 Å². The second kappa shape index (κ2) is 4.30. The average molecular weight is 194 g/mol. The summed E-state index contributed by atoms with van der Waals surface area (Å²) in [4.78, 5) is 0. The van der Waals surface area contributed by atoms with Gasteiger partial charge in [-0.3, -0.25) is 0 Å². The molecule has 0 amide bonds. The van der Waals surface area contributed by atoms with Crippen LogP contribution in [0.1, 0.15) is 30.4 Å². The smallest absolute Gasteiger partial charge is 0.0628 e. The molecule has 0 spiro atoms. The quantitative estimate of drug-likeness (QED) is 0.703. The summed E-state index contributed by atoms with van der Waals surface area (Å²) in [6.45, 7) is 3.99. The molecule has 68 valence electrons. The zero-order valence-corrected chi connectivity index (χ0v) is 8.60. The van der Waals surface area contributed by atoms with Gasteiger partial charge in [0.25, 0.3) is 0 Å². The monoisotopic (exact) mass is 193 g/mol. The van der Waals surface area contributed by atoms with Crippen LogP contribution in [0.15, 0.2) is 18.2 Å². The number of rotatable bonds is 2. The van der Waals surface area contributed by atoms with E-state index < -0.39 is 0 Å². The fourth-order valence-corrected chi connectivity index (χ4v) is 1.61. The molecule has 13 heavy (non-hydrogen) atoms. The molecule has 1 aromatic carbocycles. The van der Waals surface area contributed by atoms with E-state index in [1.165, 1.54) is 0 Å². The van der Waals surface area contributed by atoms with E-state index in [1.54, 1.807) is 0 Å². The zero-order chi connectivity index (χ0) is 9.84. The van der Waals surface area contributed by atoms with Gasteiger partial charge in [-0.2, -0.15) is 5.26 Å². The first-order valence-electron chi connectivity index (χ1n) is 4.28. The molecule has 0 heterocycles. The standard InChI is InChI=1S/C11H12ClN/c1-8(6-7-13)10-5-3-4-9(2)11(10)12/h3-5,8H,6H2,1-2H3. The van der Waals surface area contributed by atoms with Crippen LogP contribution in [0.25, 0.3) is 0 Å². The van der Waals surface area contributed by atoms with Crippen molar-refractivity contribution < 1.29 is 0 Å². The second-order valence-electron chi connectivity index (χ2n) is 3.24. The fourth-order valence-electron chi connectivity index (χ4n) is 1.30. The van der Waals surface area contributed by atoms with E-state index in [1.807, 2.05) is 32.0 Å². The Morgan fingerprint density at radius 2 is 2.23 bits per heavy atom. The minimum Gasteiger partial charge on any atom is -0.198 e. The third-order valence-corrected chi connectivity index (χ3v) is 2.67. The van der Waals surface area contributed by atoms with E-state index in [0.29, 0.717) is 6.42 Å². The second-order valence-corrected chi connectivity index (χ2v) is 3.62. The molecule has 0 aromatic heterocycles. The first-order valence-corrected chi connectivity index (χ1v) is 4.66. The third-order valence-electron chi connectivity index (χ3n) is 2.15. The molecular weight excluding hydrogens is 182 g/mol. The third kappa shape index (κ3) is 2.23. The first-order chi connectivity index (χ1) is 6.16. The van der Waals surface area contributed by atoms with Gasteiger partial charge < -0.3 is 0 Å². The molecule has 0 aliphatic carbocycles. The number of aryl methyl sites for hydroxylation is 1.